The molecular weight excluding hydrogens is 390 g/mol. The second kappa shape index (κ2) is 4.85. The van der Waals surface area contributed by atoms with Crippen LogP contribution in [0.3, 0.4) is 0 Å². The lowest BCUT2D eigenvalue weighted by Gasteiger charge is -2.07. The van der Waals surface area contributed by atoms with Gasteiger partial charge in [0.05, 0.1) is 11.2 Å². The molecule has 0 unspecified atom stereocenters. The van der Waals surface area contributed by atoms with E-state index in [-0.39, 0.29) is 0 Å². The first-order valence-corrected chi connectivity index (χ1v) is 7.59. The normalized spacial score (nSPS) is 11.1. The van der Waals surface area contributed by atoms with Crippen molar-refractivity contribution in [1.29, 1.82) is 0 Å². The van der Waals surface area contributed by atoms with Gasteiger partial charge in [0, 0.05) is 15.1 Å². The molecule has 0 saturated carbocycles. The van der Waals surface area contributed by atoms with E-state index in [1.807, 2.05) is 35.8 Å². The van der Waals surface area contributed by atoms with E-state index < -0.39 is 0 Å². The molecule has 2 aromatic heterocycles. The molecule has 0 saturated heterocycles. The monoisotopic (exact) mass is 397 g/mol. The molecule has 96 valence electrons. The number of H-pyrrole nitrogens is 1. The number of imidazole rings is 1. The topological polar surface area (TPSA) is 33.6 Å². The number of halogens is 2. The number of hydrogen-bond acceptors (Lipinski definition) is 2. The summed E-state index contributed by atoms with van der Waals surface area (Å²) in [5, 5.41) is 0. The van der Waals surface area contributed by atoms with Crippen molar-refractivity contribution in [2.75, 3.05) is 0 Å². The molecule has 0 fully saturated rings. The maximum atomic E-state index is 5.42. The molecule has 0 atom stereocenters. The van der Waals surface area contributed by atoms with Crippen molar-refractivity contribution in [3.63, 3.8) is 0 Å². The molecule has 0 aliphatic carbocycles. The molecule has 0 aliphatic heterocycles. The zero-order valence-electron chi connectivity index (χ0n) is 9.95. The highest BCUT2D eigenvalue weighted by molar-refractivity contribution is 9.11. The molecule has 2 heterocycles. The van der Waals surface area contributed by atoms with E-state index in [0.29, 0.717) is 4.77 Å². The molecule has 0 radical (unpaired) electrons. The van der Waals surface area contributed by atoms with Crippen LogP contribution in [0.5, 0.6) is 0 Å². The summed E-state index contributed by atoms with van der Waals surface area (Å²) < 4.78 is 4.55. The smallest absolute Gasteiger partial charge is 0.184 e. The summed E-state index contributed by atoms with van der Waals surface area (Å²) in [6.07, 6.45) is 1.80. The second-order valence-electron chi connectivity index (χ2n) is 4.19. The molecule has 3 rings (SSSR count). The van der Waals surface area contributed by atoms with Gasteiger partial charge in [-0.1, -0.05) is 15.9 Å². The van der Waals surface area contributed by atoms with E-state index >= 15 is 0 Å². The molecule has 19 heavy (non-hydrogen) atoms. The van der Waals surface area contributed by atoms with E-state index in [1.165, 1.54) is 0 Å². The fourth-order valence-corrected chi connectivity index (χ4v) is 3.52. The third-order valence-corrected chi connectivity index (χ3v) is 4.35. The van der Waals surface area contributed by atoms with Crippen LogP contribution >= 0.6 is 44.1 Å². The quantitative estimate of drug-likeness (QED) is 0.590. The predicted octanol–water partition coefficient (Wildman–Crippen LogP) is 4.92. The van der Waals surface area contributed by atoms with Gasteiger partial charge in [-0.3, -0.25) is 4.57 Å². The fraction of sp³-hybridized carbons (Fsp3) is 0.0769. The van der Waals surface area contributed by atoms with Crippen LogP contribution in [-0.4, -0.2) is 14.5 Å². The molecule has 3 aromatic rings. The minimum absolute atomic E-state index is 0.639. The van der Waals surface area contributed by atoms with Gasteiger partial charge in [0.15, 0.2) is 10.4 Å². The lowest BCUT2D eigenvalue weighted by Crippen LogP contribution is -1.96. The summed E-state index contributed by atoms with van der Waals surface area (Å²) in [7, 11) is 0. The van der Waals surface area contributed by atoms with Crippen LogP contribution in [0.4, 0.5) is 0 Å². The number of nitrogens with zero attached hydrogens (tertiary/aromatic N) is 2. The molecule has 0 spiro atoms. The zero-order valence-corrected chi connectivity index (χ0v) is 13.9. The van der Waals surface area contributed by atoms with E-state index in [2.05, 4.69) is 41.8 Å². The summed E-state index contributed by atoms with van der Waals surface area (Å²) in [6.45, 7) is 2.04. The van der Waals surface area contributed by atoms with Crippen molar-refractivity contribution in [2.24, 2.45) is 0 Å². The highest BCUT2D eigenvalue weighted by Gasteiger charge is 2.11. The summed E-state index contributed by atoms with van der Waals surface area (Å²) in [4.78, 5) is 7.65. The Labute approximate surface area is 131 Å². The van der Waals surface area contributed by atoms with Crippen LogP contribution in [0.2, 0.25) is 0 Å². The maximum absolute atomic E-state index is 5.42. The maximum Gasteiger partial charge on any atom is 0.184 e. The Morgan fingerprint density at radius 2 is 2.05 bits per heavy atom. The number of rotatable bonds is 1. The van der Waals surface area contributed by atoms with E-state index in [0.717, 1.165) is 31.4 Å². The number of benzene rings is 1. The van der Waals surface area contributed by atoms with Gasteiger partial charge < -0.3 is 4.98 Å². The lowest BCUT2D eigenvalue weighted by molar-refractivity contribution is 1.04. The molecule has 6 heteroatoms. The number of aromatic nitrogens is 3. The number of hydrogen-bond donors (Lipinski definition) is 1. The Hall–Kier alpha value is -0.980. The molecule has 0 aliphatic rings. The number of fused-ring (bicyclic) bond motifs is 1. The Morgan fingerprint density at radius 1 is 1.26 bits per heavy atom. The van der Waals surface area contributed by atoms with Gasteiger partial charge in [-0.05, 0) is 64.9 Å². The van der Waals surface area contributed by atoms with Gasteiger partial charge in [-0.15, -0.1) is 0 Å². The van der Waals surface area contributed by atoms with Gasteiger partial charge >= 0.3 is 0 Å². The highest BCUT2D eigenvalue weighted by Crippen LogP contribution is 2.28. The van der Waals surface area contributed by atoms with Crippen LogP contribution in [0.15, 0.2) is 39.4 Å². The average molecular weight is 399 g/mol. The summed E-state index contributed by atoms with van der Waals surface area (Å²) in [5.41, 5.74) is 3.91. The van der Waals surface area contributed by atoms with Crippen molar-refractivity contribution in [2.45, 2.75) is 6.92 Å². The zero-order chi connectivity index (χ0) is 13.6. The van der Waals surface area contributed by atoms with Crippen LogP contribution in [-0.2, 0) is 0 Å². The predicted molar refractivity (Wildman–Crippen MR) is 86.4 cm³/mol. The third-order valence-electron chi connectivity index (χ3n) is 2.94. The van der Waals surface area contributed by atoms with Crippen LogP contribution in [0.1, 0.15) is 5.56 Å². The first-order valence-electron chi connectivity index (χ1n) is 5.59. The fourth-order valence-electron chi connectivity index (χ4n) is 2.01. The van der Waals surface area contributed by atoms with Gasteiger partial charge in [0.2, 0.25) is 0 Å². The summed E-state index contributed by atoms with van der Waals surface area (Å²) in [6, 6.07) is 7.94. The third kappa shape index (κ3) is 2.17. The number of aromatic amines is 1. The van der Waals surface area contributed by atoms with Crippen molar-refractivity contribution in [3.05, 3.63) is 49.7 Å². The minimum atomic E-state index is 0.639. The Bertz CT molecular complexity index is 836. The average Bonchev–Trinajstić information content (AvgIpc) is 2.68. The van der Waals surface area contributed by atoms with Crippen LogP contribution in [0.25, 0.3) is 16.9 Å². The molecule has 0 amide bonds. The molecule has 3 nitrogen and oxygen atoms in total. The van der Waals surface area contributed by atoms with Crippen molar-refractivity contribution in [3.8, 4) is 5.69 Å². The molecular formula is C13H9Br2N3S. The number of nitrogens with one attached hydrogen (secondary N) is 1. The largest absolute Gasteiger partial charge is 0.329 e. The first kappa shape index (κ1) is 13.0. The second-order valence-corrected chi connectivity index (χ2v) is 6.34. The number of pyridine rings is 1. The van der Waals surface area contributed by atoms with Crippen molar-refractivity contribution in [1.82, 2.24) is 14.5 Å². The number of aryl methyl sites for hydroxylation is 1. The van der Waals surface area contributed by atoms with Crippen molar-refractivity contribution < 1.29 is 0 Å². The highest BCUT2D eigenvalue weighted by atomic mass is 79.9. The van der Waals surface area contributed by atoms with Gasteiger partial charge in [0.25, 0.3) is 0 Å². The minimum Gasteiger partial charge on any atom is -0.329 e. The Morgan fingerprint density at radius 3 is 2.79 bits per heavy atom. The Kier molecular flexibility index (Phi) is 3.32. The van der Waals surface area contributed by atoms with Crippen molar-refractivity contribution >= 4 is 55.2 Å². The first-order chi connectivity index (χ1) is 9.08. The molecule has 0 bridgehead atoms. The SMILES string of the molecule is Cc1ccnc2c1[nH]c(=S)n2-c1ccc(Br)cc1Br. The van der Waals surface area contributed by atoms with Gasteiger partial charge in [-0.2, -0.15) is 0 Å². The van der Waals surface area contributed by atoms with Crippen LogP contribution < -0.4 is 0 Å². The summed E-state index contributed by atoms with van der Waals surface area (Å²) in [5.74, 6) is 0. The lowest BCUT2D eigenvalue weighted by atomic mass is 10.2. The van der Waals surface area contributed by atoms with E-state index in [9.17, 15) is 0 Å². The molecule has 1 N–H and O–H groups in total. The van der Waals surface area contributed by atoms with Gasteiger partial charge in [0.1, 0.15) is 0 Å². The molecule has 1 aromatic carbocycles. The van der Waals surface area contributed by atoms with Crippen LogP contribution in [0, 0.1) is 11.7 Å². The van der Waals surface area contributed by atoms with Gasteiger partial charge in [-0.25, -0.2) is 4.98 Å². The Balaban J connectivity index is 2.40. The standard InChI is InChI=1S/C13H9Br2N3S/c1-7-4-5-16-12-11(7)17-13(19)18(12)10-3-2-8(14)6-9(10)15/h2-6H,1H3,(H,17,19). The van der Waals surface area contributed by atoms with E-state index in [1.54, 1.807) is 6.20 Å². The van der Waals surface area contributed by atoms with E-state index in [4.69, 9.17) is 12.2 Å². The summed E-state index contributed by atoms with van der Waals surface area (Å²) >= 11 is 12.4.